The van der Waals surface area contributed by atoms with E-state index in [2.05, 4.69) is 40.4 Å². The lowest BCUT2D eigenvalue weighted by molar-refractivity contribution is 0.0562. The minimum atomic E-state index is -0.0661. The third-order valence-corrected chi connectivity index (χ3v) is 6.28. The third kappa shape index (κ3) is 2.94. The van der Waals surface area contributed by atoms with Crippen LogP contribution >= 0.6 is 0 Å². The fraction of sp³-hybridized carbons (Fsp3) is 0.364. The van der Waals surface area contributed by atoms with Crippen molar-refractivity contribution in [2.45, 2.75) is 18.4 Å². The molecule has 1 aromatic carbocycles. The lowest BCUT2D eigenvalue weighted by Crippen LogP contribution is -2.51. The number of likely N-dealkylation sites (tertiary alicyclic amines) is 2. The highest BCUT2D eigenvalue weighted by molar-refractivity contribution is 5.91. The van der Waals surface area contributed by atoms with Crippen LogP contribution in [0, 0.1) is 5.92 Å². The number of rotatable bonds is 4. The predicted molar refractivity (Wildman–Crippen MR) is 103 cm³/mol. The summed E-state index contributed by atoms with van der Waals surface area (Å²) in [6, 6.07) is 16.4. The molecule has 0 spiro atoms. The highest BCUT2D eigenvalue weighted by atomic mass is 16.5. The van der Waals surface area contributed by atoms with E-state index in [1.807, 2.05) is 17.0 Å². The number of hydrogen-bond acceptors (Lipinski definition) is 5. The third-order valence-electron chi connectivity index (χ3n) is 6.28. The van der Waals surface area contributed by atoms with Gasteiger partial charge in [-0.25, -0.2) is 0 Å². The first-order valence-corrected chi connectivity index (χ1v) is 9.75. The molecule has 0 aliphatic carbocycles. The van der Waals surface area contributed by atoms with Gasteiger partial charge in [0.25, 0.3) is 5.91 Å². The predicted octanol–water partition coefficient (Wildman–Crippen LogP) is 3.18. The van der Waals surface area contributed by atoms with E-state index >= 15 is 0 Å². The van der Waals surface area contributed by atoms with E-state index in [0.29, 0.717) is 11.7 Å². The fourth-order valence-corrected chi connectivity index (χ4v) is 4.94. The first kappa shape index (κ1) is 17.3. The van der Waals surface area contributed by atoms with Gasteiger partial charge in [-0.2, -0.15) is 0 Å². The van der Waals surface area contributed by atoms with Gasteiger partial charge in [0, 0.05) is 43.6 Å². The molecule has 1 amide bonds. The standard InChI is InChI=1S/C22H23N3O3/c26-21(20-8-10-23-28-20)25-11-9-22(17-5-2-1-3-6-17)16-24(13-18(22)14-25)15-19-7-4-12-27-19/h1-8,10,12,18H,9,11,13-16H2/t18-,22+/m1/s1. The zero-order valence-electron chi connectivity index (χ0n) is 15.7. The van der Waals surface area contributed by atoms with Gasteiger partial charge in [0.2, 0.25) is 5.76 Å². The number of hydrogen-bond donors (Lipinski definition) is 0. The van der Waals surface area contributed by atoms with Crippen LogP contribution < -0.4 is 0 Å². The number of amides is 1. The minimum absolute atomic E-state index is 0.0616. The molecule has 5 rings (SSSR count). The van der Waals surface area contributed by atoms with Crippen LogP contribution in [0.1, 0.15) is 28.3 Å². The largest absolute Gasteiger partial charge is 0.468 e. The second-order valence-electron chi connectivity index (χ2n) is 7.85. The summed E-state index contributed by atoms with van der Waals surface area (Å²) in [5.74, 6) is 1.60. The van der Waals surface area contributed by atoms with Crippen LogP contribution in [0.15, 0.2) is 69.9 Å². The summed E-state index contributed by atoms with van der Waals surface area (Å²) >= 11 is 0. The molecule has 0 N–H and O–H groups in total. The maximum atomic E-state index is 12.8. The first-order valence-electron chi connectivity index (χ1n) is 9.75. The van der Waals surface area contributed by atoms with Gasteiger partial charge >= 0.3 is 0 Å². The monoisotopic (exact) mass is 377 g/mol. The second kappa shape index (κ2) is 6.95. The summed E-state index contributed by atoms with van der Waals surface area (Å²) in [7, 11) is 0. The molecule has 0 saturated carbocycles. The Morgan fingerprint density at radius 1 is 1.14 bits per heavy atom. The van der Waals surface area contributed by atoms with E-state index in [9.17, 15) is 4.79 Å². The zero-order chi connectivity index (χ0) is 19.0. The molecule has 0 unspecified atom stereocenters. The molecule has 2 aromatic heterocycles. The summed E-state index contributed by atoms with van der Waals surface area (Å²) in [6.07, 6.45) is 4.19. The molecule has 3 aromatic rings. The number of nitrogens with zero attached hydrogens (tertiary/aromatic N) is 3. The molecule has 0 bridgehead atoms. The van der Waals surface area contributed by atoms with Crippen molar-refractivity contribution in [2.75, 3.05) is 26.2 Å². The van der Waals surface area contributed by atoms with Crippen molar-refractivity contribution in [1.29, 1.82) is 0 Å². The lowest BCUT2D eigenvalue weighted by atomic mass is 9.68. The van der Waals surface area contributed by atoms with Crippen LogP contribution in [0.3, 0.4) is 0 Å². The van der Waals surface area contributed by atoms with Crippen molar-refractivity contribution in [3.8, 4) is 0 Å². The number of aromatic nitrogens is 1. The number of carbonyl (C=O) groups is 1. The number of furan rings is 1. The van der Waals surface area contributed by atoms with Gasteiger partial charge < -0.3 is 13.8 Å². The Balaban J connectivity index is 1.41. The lowest BCUT2D eigenvalue weighted by Gasteiger charge is -2.43. The van der Waals surface area contributed by atoms with Crippen LogP contribution in [0.5, 0.6) is 0 Å². The van der Waals surface area contributed by atoms with E-state index in [-0.39, 0.29) is 11.3 Å². The molecule has 28 heavy (non-hydrogen) atoms. The average molecular weight is 377 g/mol. The highest BCUT2D eigenvalue weighted by Crippen LogP contribution is 2.45. The summed E-state index contributed by atoms with van der Waals surface area (Å²) < 4.78 is 10.7. The van der Waals surface area contributed by atoms with Crippen molar-refractivity contribution in [1.82, 2.24) is 15.0 Å². The van der Waals surface area contributed by atoms with E-state index in [1.54, 1.807) is 12.3 Å². The smallest absolute Gasteiger partial charge is 0.292 e. The number of piperidine rings is 1. The Morgan fingerprint density at radius 3 is 2.79 bits per heavy atom. The molecule has 0 radical (unpaired) electrons. The second-order valence-corrected chi connectivity index (χ2v) is 7.85. The van der Waals surface area contributed by atoms with Crippen molar-refractivity contribution in [3.63, 3.8) is 0 Å². The van der Waals surface area contributed by atoms with Gasteiger partial charge in [0.1, 0.15) is 5.76 Å². The van der Waals surface area contributed by atoms with Gasteiger partial charge in [-0.15, -0.1) is 0 Å². The van der Waals surface area contributed by atoms with Crippen molar-refractivity contribution >= 4 is 5.91 Å². The normalized spacial score (nSPS) is 25.0. The van der Waals surface area contributed by atoms with E-state index < -0.39 is 0 Å². The van der Waals surface area contributed by atoms with Gasteiger partial charge in [0.15, 0.2) is 0 Å². The maximum absolute atomic E-state index is 12.8. The Labute approximate surface area is 163 Å². The molecule has 2 saturated heterocycles. The highest BCUT2D eigenvalue weighted by Gasteiger charge is 2.51. The van der Waals surface area contributed by atoms with Gasteiger partial charge in [-0.1, -0.05) is 35.5 Å². The van der Waals surface area contributed by atoms with Crippen LogP contribution in [0.25, 0.3) is 0 Å². The van der Waals surface area contributed by atoms with E-state index in [4.69, 9.17) is 8.94 Å². The molecule has 144 valence electrons. The number of carbonyl (C=O) groups excluding carboxylic acids is 1. The molecule has 2 atom stereocenters. The van der Waals surface area contributed by atoms with Crippen molar-refractivity contribution in [3.05, 3.63) is 78.1 Å². The van der Waals surface area contributed by atoms with Crippen molar-refractivity contribution in [2.24, 2.45) is 5.92 Å². The number of fused-ring (bicyclic) bond motifs is 1. The van der Waals surface area contributed by atoms with Gasteiger partial charge in [-0.3, -0.25) is 9.69 Å². The molecular weight excluding hydrogens is 354 g/mol. The Hall–Kier alpha value is -2.86. The maximum Gasteiger partial charge on any atom is 0.292 e. The summed E-state index contributed by atoms with van der Waals surface area (Å²) in [4.78, 5) is 17.2. The van der Waals surface area contributed by atoms with Crippen LogP contribution in [0.2, 0.25) is 0 Å². The van der Waals surface area contributed by atoms with Crippen molar-refractivity contribution < 1.29 is 13.7 Å². The number of benzene rings is 1. The molecule has 6 heteroatoms. The van der Waals surface area contributed by atoms with Gasteiger partial charge in [0.05, 0.1) is 19.0 Å². The van der Waals surface area contributed by atoms with Crippen LogP contribution in [-0.2, 0) is 12.0 Å². The average Bonchev–Trinajstić information content (AvgIpc) is 3.49. The molecular formula is C22H23N3O3. The van der Waals surface area contributed by atoms with Gasteiger partial charge in [-0.05, 0) is 24.1 Å². The zero-order valence-corrected chi connectivity index (χ0v) is 15.7. The van der Waals surface area contributed by atoms with Crippen LogP contribution in [-0.4, -0.2) is 47.0 Å². The molecule has 2 fully saturated rings. The SMILES string of the molecule is O=C(c1ccno1)N1CC[C@@]2(c3ccccc3)CN(Cc3ccco3)C[C@@H]2C1. The fourth-order valence-electron chi connectivity index (χ4n) is 4.94. The summed E-state index contributed by atoms with van der Waals surface area (Å²) in [5.41, 5.74) is 1.43. The van der Waals surface area contributed by atoms with E-state index in [0.717, 1.165) is 44.9 Å². The molecule has 4 heterocycles. The summed E-state index contributed by atoms with van der Waals surface area (Å²) in [5, 5.41) is 3.68. The quantitative estimate of drug-likeness (QED) is 0.699. The van der Waals surface area contributed by atoms with Crippen LogP contribution in [0.4, 0.5) is 0 Å². The Bertz CT molecular complexity index is 923. The molecule has 6 nitrogen and oxygen atoms in total. The summed E-state index contributed by atoms with van der Waals surface area (Å²) in [6.45, 7) is 4.17. The first-order chi connectivity index (χ1) is 13.7. The minimum Gasteiger partial charge on any atom is -0.468 e. The Kier molecular flexibility index (Phi) is 4.28. The molecule has 2 aliphatic rings. The topological polar surface area (TPSA) is 62.7 Å². The van der Waals surface area contributed by atoms with E-state index in [1.165, 1.54) is 11.8 Å². The Morgan fingerprint density at radius 2 is 2.04 bits per heavy atom. The molecule has 2 aliphatic heterocycles.